The zero-order chi connectivity index (χ0) is 19.8. The van der Waals surface area contributed by atoms with Gasteiger partial charge in [-0.15, -0.1) is 0 Å². The number of nitrogens with one attached hydrogen (secondary N) is 2. The highest BCUT2D eigenvalue weighted by atomic mass is 16.5. The zero-order valence-corrected chi connectivity index (χ0v) is 15.5. The summed E-state index contributed by atoms with van der Waals surface area (Å²) in [4.78, 5) is 25.1. The van der Waals surface area contributed by atoms with Crippen molar-refractivity contribution in [1.82, 2.24) is 10.6 Å². The minimum absolute atomic E-state index is 0.0827. The molecule has 0 unspecified atom stereocenters. The zero-order valence-electron chi connectivity index (χ0n) is 15.5. The molecule has 144 valence electrons. The van der Waals surface area contributed by atoms with E-state index >= 15 is 0 Å². The van der Waals surface area contributed by atoms with Crippen molar-refractivity contribution in [2.75, 3.05) is 38.3 Å². The second kappa shape index (κ2) is 9.33. The Kier molecular flexibility index (Phi) is 6.37. The smallest absolute Gasteiger partial charge is 0.321 e. The van der Waals surface area contributed by atoms with Gasteiger partial charge >= 0.3 is 6.03 Å². The first-order valence-corrected chi connectivity index (χ1v) is 8.83. The van der Waals surface area contributed by atoms with Crippen molar-refractivity contribution in [1.29, 1.82) is 0 Å². The monoisotopic (exact) mass is 379 g/mol. The van der Waals surface area contributed by atoms with Gasteiger partial charge in [0.05, 0.1) is 13.7 Å². The van der Waals surface area contributed by atoms with Crippen LogP contribution in [0.4, 0.5) is 10.5 Å². The van der Waals surface area contributed by atoms with Crippen LogP contribution in [-0.4, -0.2) is 45.3 Å². The van der Waals surface area contributed by atoms with Crippen LogP contribution >= 0.6 is 0 Å². The predicted octanol–water partition coefficient (Wildman–Crippen LogP) is 1.77. The minimum atomic E-state index is -0.250. The average molecular weight is 379 g/mol. The van der Waals surface area contributed by atoms with E-state index in [1.807, 2.05) is 24.3 Å². The third-order valence-corrected chi connectivity index (χ3v) is 4.07. The Balaban J connectivity index is 1.41. The number of hydrogen-bond acceptors (Lipinski definition) is 4. The lowest BCUT2D eigenvalue weighted by molar-refractivity contribution is -0.122. The molecule has 3 amide bonds. The van der Waals surface area contributed by atoms with Gasteiger partial charge in [-0.05, 0) is 48.5 Å². The molecule has 0 saturated carbocycles. The van der Waals surface area contributed by atoms with Crippen LogP contribution in [0.2, 0.25) is 0 Å². The van der Waals surface area contributed by atoms with Gasteiger partial charge in [0.1, 0.15) is 11.5 Å². The Labute approximate surface area is 163 Å². The van der Waals surface area contributed by atoms with Gasteiger partial charge in [0.2, 0.25) is 0 Å². The number of anilines is 1. The fourth-order valence-electron chi connectivity index (χ4n) is 2.60. The van der Waals surface area contributed by atoms with Crippen LogP contribution in [-0.2, 0) is 4.79 Å². The first-order chi connectivity index (χ1) is 13.7. The molecule has 7 nitrogen and oxygen atoms in total. The Morgan fingerprint density at radius 1 is 1.14 bits per heavy atom. The van der Waals surface area contributed by atoms with E-state index in [1.54, 1.807) is 36.3 Å². The van der Waals surface area contributed by atoms with Crippen molar-refractivity contribution in [3.8, 4) is 23.3 Å². The molecule has 1 fully saturated rings. The highest BCUT2D eigenvalue weighted by molar-refractivity contribution is 5.94. The fourth-order valence-corrected chi connectivity index (χ4v) is 2.60. The van der Waals surface area contributed by atoms with Gasteiger partial charge in [-0.2, -0.15) is 0 Å². The summed E-state index contributed by atoms with van der Waals surface area (Å²) >= 11 is 0. The molecule has 0 bridgehead atoms. The molecule has 2 aromatic rings. The number of amides is 3. The molecule has 1 aliphatic rings. The predicted molar refractivity (Wildman–Crippen MR) is 106 cm³/mol. The average Bonchev–Trinajstić information content (AvgIpc) is 3.16. The van der Waals surface area contributed by atoms with E-state index in [1.165, 1.54) is 0 Å². The number of ether oxygens (including phenoxy) is 2. The molecule has 0 atom stereocenters. The molecule has 0 radical (unpaired) electrons. The van der Waals surface area contributed by atoms with E-state index in [0.29, 0.717) is 18.8 Å². The van der Waals surface area contributed by atoms with Gasteiger partial charge < -0.3 is 20.1 Å². The molecule has 1 aliphatic heterocycles. The normalized spacial score (nSPS) is 12.6. The summed E-state index contributed by atoms with van der Waals surface area (Å²) in [5.74, 6) is 6.94. The number of urea groups is 1. The molecule has 1 heterocycles. The molecule has 28 heavy (non-hydrogen) atoms. The second-order valence-electron chi connectivity index (χ2n) is 5.97. The SMILES string of the molecule is COc1ccc(OCC(=O)NCC#Cc2ccc(N3CCNC3=O)cc2)cc1. The van der Waals surface area contributed by atoms with Gasteiger partial charge in [0.15, 0.2) is 6.61 Å². The highest BCUT2D eigenvalue weighted by Gasteiger charge is 2.20. The van der Waals surface area contributed by atoms with Gasteiger partial charge in [-0.3, -0.25) is 9.69 Å². The number of nitrogens with zero attached hydrogens (tertiary/aromatic N) is 1. The summed E-state index contributed by atoms with van der Waals surface area (Å²) < 4.78 is 10.5. The van der Waals surface area contributed by atoms with E-state index in [2.05, 4.69) is 22.5 Å². The lowest BCUT2D eigenvalue weighted by atomic mass is 10.2. The van der Waals surface area contributed by atoms with E-state index < -0.39 is 0 Å². The van der Waals surface area contributed by atoms with Crippen molar-refractivity contribution >= 4 is 17.6 Å². The lowest BCUT2D eigenvalue weighted by Gasteiger charge is -2.13. The van der Waals surface area contributed by atoms with Crippen molar-refractivity contribution in [2.45, 2.75) is 0 Å². The number of carbonyl (C=O) groups is 2. The minimum Gasteiger partial charge on any atom is -0.497 e. The van der Waals surface area contributed by atoms with E-state index in [0.717, 1.165) is 17.0 Å². The van der Waals surface area contributed by atoms with E-state index in [9.17, 15) is 9.59 Å². The largest absolute Gasteiger partial charge is 0.497 e. The number of hydrogen-bond donors (Lipinski definition) is 2. The van der Waals surface area contributed by atoms with Crippen LogP contribution in [0.3, 0.4) is 0 Å². The maximum absolute atomic E-state index is 11.8. The van der Waals surface area contributed by atoms with E-state index in [-0.39, 0.29) is 25.1 Å². The first kappa shape index (κ1) is 19.1. The Morgan fingerprint density at radius 3 is 2.50 bits per heavy atom. The molecule has 0 aliphatic carbocycles. The standard InChI is InChI=1S/C21H21N3O4/c1-27-18-8-10-19(11-9-18)28-15-20(25)22-12-2-3-16-4-6-17(7-5-16)24-14-13-23-21(24)26/h4-11H,12-15H2,1H3,(H,22,25)(H,23,26). The quantitative estimate of drug-likeness (QED) is 0.750. The van der Waals surface area contributed by atoms with Gasteiger partial charge in [0, 0.05) is 24.3 Å². The van der Waals surface area contributed by atoms with Crippen molar-refractivity contribution < 1.29 is 19.1 Å². The van der Waals surface area contributed by atoms with E-state index in [4.69, 9.17) is 9.47 Å². The number of carbonyl (C=O) groups excluding carboxylic acids is 2. The van der Waals surface area contributed by atoms with Crippen LogP contribution in [0, 0.1) is 11.8 Å². The van der Waals surface area contributed by atoms with Crippen LogP contribution in [0.25, 0.3) is 0 Å². The summed E-state index contributed by atoms with van der Waals surface area (Å²) in [6.07, 6.45) is 0. The summed E-state index contributed by atoms with van der Waals surface area (Å²) in [5.41, 5.74) is 1.65. The first-order valence-electron chi connectivity index (χ1n) is 8.83. The maximum Gasteiger partial charge on any atom is 0.321 e. The molecule has 1 saturated heterocycles. The van der Waals surface area contributed by atoms with Gasteiger partial charge in [0.25, 0.3) is 5.91 Å². The topological polar surface area (TPSA) is 79.9 Å². The molecular weight excluding hydrogens is 358 g/mol. The molecule has 0 spiro atoms. The molecule has 2 aromatic carbocycles. The Hall–Kier alpha value is -3.66. The second-order valence-corrected chi connectivity index (χ2v) is 5.97. The molecule has 2 N–H and O–H groups in total. The lowest BCUT2D eigenvalue weighted by Crippen LogP contribution is -2.29. The fraction of sp³-hybridized carbons (Fsp3) is 0.238. The number of benzene rings is 2. The van der Waals surface area contributed by atoms with Crippen LogP contribution < -0.4 is 25.0 Å². The summed E-state index contributed by atoms with van der Waals surface area (Å²) in [5, 5.41) is 5.45. The Bertz CT molecular complexity index is 883. The van der Waals surface area contributed by atoms with Crippen molar-refractivity contribution in [3.63, 3.8) is 0 Å². The Morgan fingerprint density at radius 2 is 1.86 bits per heavy atom. The molecule has 3 rings (SSSR count). The van der Waals surface area contributed by atoms with Crippen LogP contribution in [0.5, 0.6) is 11.5 Å². The molecular formula is C21H21N3O4. The maximum atomic E-state index is 11.8. The van der Waals surface area contributed by atoms with Crippen LogP contribution in [0.1, 0.15) is 5.56 Å². The molecule has 0 aromatic heterocycles. The number of rotatable bonds is 6. The van der Waals surface area contributed by atoms with Crippen LogP contribution in [0.15, 0.2) is 48.5 Å². The van der Waals surface area contributed by atoms with Crippen molar-refractivity contribution in [3.05, 3.63) is 54.1 Å². The third-order valence-electron chi connectivity index (χ3n) is 4.07. The third kappa shape index (κ3) is 5.17. The summed E-state index contributed by atoms with van der Waals surface area (Å²) in [6, 6.07) is 14.3. The summed E-state index contributed by atoms with van der Waals surface area (Å²) in [6.45, 7) is 1.46. The summed E-state index contributed by atoms with van der Waals surface area (Å²) in [7, 11) is 1.59. The van der Waals surface area contributed by atoms with Gasteiger partial charge in [-0.1, -0.05) is 11.8 Å². The molecule has 7 heteroatoms. The van der Waals surface area contributed by atoms with Gasteiger partial charge in [-0.25, -0.2) is 4.79 Å². The highest BCUT2D eigenvalue weighted by Crippen LogP contribution is 2.17. The number of methoxy groups -OCH3 is 1. The van der Waals surface area contributed by atoms with Crippen molar-refractivity contribution in [2.24, 2.45) is 0 Å².